The van der Waals surface area contributed by atoms with Crippen LogP contribution in [0.15, 0.2) is 24.3 Å². The van der Waals surface area contributed by atoms with E-state index in [4.69, 9.17) is 10.5 Å². The van der Waals surface area contributed by atoms with Crippen molar-refractivity contribution in [1.29, 1.82) is 0 Å². The van der Waals surface area contributed by atoms with Gasteiger partial charge in [-0.1, -0.05) is 12.1 Å². The molecule has 0 saturated heterocycles. The SMILES string of the molecule is COCCNCC(O)c1cccc(N)c1. The molecule has 4 N–H and O–H groups in total. The van der Waals surface area contributed by atoms with Gasteiger partial charge in [0.15, 0.2) is 0 Å². The van der Waals surface area contributed by atoms with E-state index < -0.39 is 6.10 Å². The molecule has 1 rings (SSSR count). The van der Waals surface area contributed by atoms with Crippen LogP contribution >= 0.6 is 0 Å². The third-order valence-corrected chi connectivity index (χ3v) is 2.12. The van der Waals surface area contributed by atoms with Crippen LogP contribution in [0.1, 0.15) is 11.7 Å². The van der Waals surface area contributed by atoms with Gasteiger partial charge in [-0.05, 0) is 17.7 Å². The number of aliphatic hydroxyl groups is 1. The van der Waals surface area contributed by atoms with E-state index in [2.05, 4.69) is 5.32 Å². The zero-order valence-electron chi connectivity index (χ0n) is 8.94. The van der Waals surface area contributed by atoms with Crippen LogP contribution in [0.25, 0.3) is 0 Å². The minimum Gasteiger partial charge on any atom is -0.399 e. The van der Waals surface area contributed by atoms with E-state index in [0.717, 1.165) is 12.1 Å². The Morgan fingerprint density at radius 3 is 3.00 bits per heavy atom. The Balaban J connectivity index is 2.36. The lowest BCUT2D eigenvalue weighted by Crippen LogP contribution is -2.25. The van der Waals surface area contributed by atoms with Crippen LogP contribution in [0.5, 0.6) is 0 Å². The van der Waals surface area contributed by atoms with Crippen molar-refractivity contribution in [2.75, 3.05) is 32.5 Å². The zero-order chi connectivity index (χ0) is 11.1. The lowest BCUT2D eigenvalue weighted by molar-refractivity contribution is 0.161. The highest BCUT2D eigenvalue weighted by molar-refractivity contribution is 5.41. The van der Waals surface area contributed by atoms with Crippen LogP contribution in [-0.2, 0) is 4.74 Å². The van der Waals surface area contributed by atoms with Crippen LogP contribution in [0.4, 0.5) is 5.69 Å². The second-order valence-electron chi connectivity index (χ2n) is 3.38. The Hall–Kier alpha value is -1.10. The molecule has 0 aliphatic carbocycles. The van der Waals surface area contributed by atoms with Gasteiger partial charge >= 0.3 is 0 Å². The van der Waals surface area contributed by atoms with Crippen LogP contribution in [0.3, 0.4) is 0 Å². The van der Waals surface area contributed by atoms with Crippen LogP contribution in [-0.4, -0.2) is 31.9 Å². The highest BCUT2D eigenvalue weighted by Crippen LogP contribution is 2.14. The van der Waals surface area contributed by atoms with E-state index in [1.165, 1.54) is 0 Å². The maximum Gasteiger partial charge on any atom is 0.0915 e. The van der Waals surface area contributed by atoms with E-state index in [1.54, 1.807) is 19.2 Å². The lowest BCUT2D eigenvalue weighted by atomic mass is 10.1. The maximum atomic E-state index is 9.79. The van der Waals surface area contributed by atoms with Crippen molar-refractivity contribution < 1.29 is 9.84 Å². The Morgan fingerprint density at radius 1 is 1.53 bits per heavy atom. The predicted octanol–water partition coefficient (Wildman–Crippen LogP) is 0.538. The standard InChI is InChI=1S/C11H18N2O2/c1-15-6-5-13-8-11(14)9-3-2-4-10(12)7-9/h2-4,7,11,13-14H,5-6,8,12H2,1H3. The summed E-state index contributed by atoms with van der Waals surface area (Å²) < 4.78 is 4.88. The summed E-state index contributed by atoms with van der Waals surface area (Å²) in [4.78, 5) is 0. The molecular weight excluding hydrogens is 192 g/mol. The van der Waals surface area contributed by atoms with Crippen molar-refractivity contribution >= 4 is 5.69 Å². The summed E-state index contributed by atoms with van der Waals surface area (Å²) in [6, 6.07) is 7.28. The van der Waals surface area contributed by atoms with Crippen molar-refractivity contribution in [2.24, 2.45) is 0 Å². The molecule has 1 aromatic rings. The van der Waals surface area contributed by atoms with E-state index >= 15 is 0 Å². The summed E-state index contributed by atoms with van der Waals surface area (Å²) in [6.07, 6.45) is -0.523. The molecule has 0 saturated carbocycles. The van der Waals surface area contributed by atoms with Gasteiger partial charge in [0.2, 0.25) is 0 Å². The molecular formula is C11H18N2O2. The second-order valence-corrected chi connectivity index (χ2v) is 3.38. The number of anilines is 1. The zero-order valence-corrected chi connectivity index (χ0v) is 8.94. The first-order valence-corrected chi connectivity index (χ1v) is 4.97. The monoisotopic (exact) mass is 210 g/mol. The first kappa shape index (κ1) is 12.0. The Kier molecular flexibility index (Phi) is 5.10. The molecule has 0 heterocycles. The number of nitrogens with two attached hydrogens (primary N) is 1. The van der Waals surface area contributed by atoms with Crippen LogP contribution in [0.2, 0.25) is 0 Å². The van der Waals surface area contributed by atoms with Crippen LogP contribution in [0, 0.1) is 0 Å². The average molecular weight is 210 g/mol. The van der Waals surface area contributed by atoms with Gasteiger partial charge in [-0.15, -0.1) is 0 Å². The van der Waals surface area contributed by atoms with Gasteiger partial charge in [-0.3, -0.25) is 0 Å². The molecule has 4 nitrogen and oxygen atoms in total. The van der Waals surface area contributed by atoms with Crippen molar-refractivity contribution in [2.45, 2.75) is 6.10 Å². The molecule has 15 heavy (non-hydrogen) atoms. The highest BCUT2D eigenvalue weighted by atomic mass is 16.5. The Morgan fingerprint density at radius 2 is 2.33 bits per heavy atom. The summed E-state index contributed by atoms with van der Waals surface area (Å²) in [5, 5.41) is 12.9. The van der Waals surface area contributed by atoms with Crippen molar-refractivity contribution in [3.63, 3.8) is 0 Å². The van der Waals surface area contributed by atoms with Gasteiger partial charge in [0.05, 0.1) is 12.7 Å². The molecule has 84 valence electrons. The van der Waals surface area contributed by atoms with Crippen molar-refractivity contribution in [3.8, 4) is 0 Å². The van der Waals surface area contributed by atoms with Crippen molar-refractivity contribution in [3.05, 3.63) is 29.8 Å². The fourth-order valence-electron chi connectivity index (χ4n) is 1.30. The van der Waals surface area contributed by atoms with E-state index in [1.807, 2.05) is 12.1 Å². The number of aliphatic hydroxyl groups excluding tert-OH is 1. The van der Waals surface area contributed by atoms with Gasteiger partial charge in [0, 0.05) is 25.9 Å². The normalized spacial score (nSPS) is 12.7. The smallest absolute Gasteiger partial charge is 0.0915 e. The molecule has 0 aromatic heterocycles. The Bertz CT molecular complexity index is 292. The summed E-state index contributed by atoms with van der Waals surface area (Å²) in [7, 11) is 1.65. The highest BCUT2D eigenvalue weighted by Gasteiger charge is 2.06. The third kappa shape index (κ3) is 4.29. The second kappa shape index (κ2) is 6.40. The van der Waals surface area contributed by atoms with Crippen molar-refractivity contribution in [1.82, 2.24) is 5.32 Å². The van der Waals surface area contributed by atoms with E-state index in [9.17, 15) is 5.11 Å². The molecule has 0 radical (unpaired) electrons. The molecule has 0 amide bonds. The predicted molar refractivity (Wildman–Crippen MR) is 60.6 cm³/mol. The number of ether oxygens (including phenoxy) is 1. The topological polar surface area (TPSA) is 67.5 Å². The van der Waals surface area contributed by atoms with Gasteiger partial charge < -0.3 is 20.9 Å². The molecule has 0 bridgehead atoms. The molecule has 4 heteroatoms. The maximum absolute atomic E-state index is 9.79. The number of benzene rings is 1. The van der Waals surface area contributed by atoms with Gasteiger partial charge in [-0.2, -0.15) is 0 Å². The number of hydrogen-bond donors (Lipinski definition) is 3. The average Bonchev–Trinajstić information content (AvgIpc) is 2.24. The lowest BCUT2D eigenvalue weighted by Gasteiger charge is -2.12. The van der Waals surface area contributed by atoms with E-state index in [0.29, 0.717) is 18.8 Å². The molecule has 0 aliphatic rings. The summed E-state index contributed by atoms with van der Waals surface area (Å²) in [5.41, 5.74) is 7.12. The quantitative estimate of drug-likeness (QED) is 0.473. The molecule has 1 atom stereocenters. The largest absolute Gasteiger partial charge is 0.399 e. The number of rotatable bonds is 6. The summed E-state index contributed by atoms with van der Waals surface area (Å²) in [5.74, 6) is 0. The fourth-order valence-corrected chi connectivity index (χ4v) is 1.30. The minimum atomic E-state index is -0.523. The van der Waals surface area contributed by atoms with Gasteiger partial charge in [0.1, 0.15) is 0 Å². The first-order chi connectivity index (χ1) is 7.24. The molecule has 0 spiro atoms. The minimum absolute atomic E-state index is 0.507. The number of hydrogen-bond acceptors (Lipinski definition) is 4. The molecule has 1 unspecified atom stereocenters. The summed E-state index contributed by atoms with van der Waals surface area (Å²) in [6.45, 7) is 1.88. The van der Waals surface area contributed by atoms with Gasteiger partial charge in [0.25, 0.3) is 0 Å². The number of nitrogens with one attached hydrogen (secondary N) is 1. The molecule has 0 aliphatic heterocycles. The molecule has 0 fully saturated rings. The first-order valence-electron chi connectivity index (χ1n) is 4.97. The van der Waals surface area contributed by atoms with Crippen LogP contribution < -0.4 is 11.1 Å². The van der Waals surface area contributed by atoms with E-state index in [-0.39, 0.29) is 0 Å². The fraction of sp³-hybridized carbons (Fsp3) is 0.455. The summed E-state index contributed by atoms with van der Waals surface area (Å²) >= 11 is 0. The number of methoxy groups -OCH3 is 1. The number of nitrogen functional groups attached to an aromatic ring is 1. The van der Waals surface area contributed by atoms with Gasteiger partial charge in [-0.25, -0.2) is 0 Å². The molecule has 1 aromatic carbocycles. The Labute approximate surface area is 90.1 Å². The third-order valence-electron chi connectivity index (χ3n) is 2.12.